The molecule has 0 aromatic carbocycles. The molecule has 0 spiro atoms. The molecular weight excluding hydrogens is 276 g/mol. The molecule has 0 bridgehead atoms. The van der Waals surface area contributed by atoms with Gasteiger partial charge in [-0.25, -0.2) is 0 Å². The summed E-state index contributed by atoms with van der Waals surface area (Å²) < 4.78 is 6.44. The number of hydrogen-bond acceptors (Lipinski definition) is 3. The molecule has 126 valence electrons. The summed E-state index contributed by atoms with van der Waals surface area (Å²) in [6, 6.07) is 1.09. The second-order valence-electron chi connectivity index (χ2n) is 7.42. The maximum atomic E-state index is 11.4. The Bertz CT molecular complexity index is 360. The van der Waals surface area contributed by atoms with Crippen LogP contribution in [0.5, 0.6) is 0 Å². The van der Waals surface area contributed by atoms with Gasteiger partial charge in [-0.1, -0.05) is 25.7 Å². The minimum atomic E-state index is 0.221. The number of carbonyl (C=O) groups is 1. The average molecular weight is 308 g/mol. The molecule has 0 aromatic rings. The van der Waals surface area contributed by atoms with Crippen LogP contribution < -0.4 is 5.32 Å². The number of amides is 1. The van der Waals surface area contributed by atoms with Gasteiger partial charge in [0, 0.05) is 32.1 Å². The Morgan fingerprint density at radius 1 is 0.955 bits per heavy atom. The number of nitrogens with zero attached hydrogens (tertiary/aromatic N) is 1. The number of hydrogen-bond donors (Lipinski definition) is 1. The van der Waals surface area contributed by atoms with E-state index in [1.165, 1.54) is 51.4 Å². The molecule has 0 unspecified atom stereocenters. The highest BCUT2D eigenvalue weighted by atomic mass is 16.5. The van der Waals surface area contributed by atoms with E-state index in [2.05, 4.69) is 5.32 Å². The highest BCUT2D eigenvalue weighted by Gasteiger charge is 2.31. The molecule has 1 heterocycles. The molecule has 4 heteroatoms. The van der Waals surface area contributed by atoms with Crippen LogP contribution in [0.2, 0.25) is 0 Å². The van der Waals surface area contributed by atoms with Crippen LogP contribution in [-0.2, 0) is 9.53 Å². The first-order valence-electron chi connectivity index (χ1n) is 9.39. The van der Waals surface area contributed by atoms with E-state index >= 15 is 0 Å². The van der Waals surface area contributed by atoms with Crippen molar-refractivity contribution in [2.75, 3.05) is 13.1 Å². The normalized spacial score (nSPS) is 31.6. The molecule has 22 heavy (non-hydrogen) atoms. The van der Waals surface area contributed by atoms with Crippen LogP contribution in [0.3, 0.4) is 0 Å². The topological polar surface area (TPSA) is 41.6 Å². The lowest BCUT2D eigenvalue weighted by Gasteiger charge is -2.39. The summed E-state index contributed by atoms with van der Waals surface area (Å²) in [5, 5.41) is 3.88. The van der Waals surface area contributed by atoms with Crippen molar-refractivity contribution >= 4 is 5.91 Å². The van der Waals surface area contributed by atoms with Gasteiger partial charge in [-0.2, -0.15) is 0 Å². The maximum absolute atomic E-state index is 11.4. The summed E-state index contributed by atoms with van der Waals surface area (Å²) in [6.07, 6.45) is 13.5. The fourth-order valence-corrected chi connectivity index (χ4v) is 4.39. The summed E-state index contributed by atoms with van der Waals surface area (Å²) in [4.78, 5) is 13.4. The van der Waals surface area contributed by atoms with Crippen LogP contribution in [0.25, 0.3) is 0 Å². The van der Waals surface area contributed by atoms with E-state index < -0.39 is 0 Å². The quantitative estimate of drug-likeness (QED) is 0.868. The molecule has 3 fully saturated rings. The number of piperidine rings is 1. The molecule has 3 rings (SSSR count). The van der Waals surface area contributed by atoms with Crippen molar-refractivity contribution in [1.82, 2.24) is 10.2 Å². The maximum Gasteiger partial charge on any atom is 0.219 e. The summed E-state index contributed by atoms with van der Waals surface area (Å²) in [5.74, 6) is 0.221. The first-order valence-corrected chi connectivity index (χ1v) is 9.39. The van der Waals surface area contributed by atoms with Gasteiger partial charge < -0.3 is 15.0 Å². The fourth-order valence-electron chi connectivity index (χ4n) is 4.39. The molecule has 4 nitrogen and oxygen atoms in total. The molecule has 2 atom stereocenters. The van der Waals surface area contributed by atoms with E-state index in [-0.39, 0.29) is 5.91 Å². The SMILES string of the molecule is CC(=O)N1CCC(N[C@H]2CCCC[C@@H]2OC2CCCC2)CC1. The van der Waals surface area contributed by atoms with E-state index in [4.69, 9.17) is 4.74 Å². The Morgan fingerprint density at radius 2 is 1.59 bits per heavy atom. The van der Waals surface area contributed by atoms with E-state index in [9.17, 15) is 4.79 Å². The number of ether oxygens (including phenoxy) is 1. The highest BCUT2D eigenvalue weighted by molar-refractivity contribution is 5.73. The van der Waals surface area contributed by atoms with Crippen LogP contribution >= 0.6 is 0 Å². The molecule has 1 aliphatic heterocycles. The van der Waals surface area contributed by atoms with Crippen LogP contribution in [0.4, 0.5) is 0 Å². The molecule has 0 radical (unpaired) electrons. The van der Waals surface area contributed by atoms with Crippen LogP contribution in [0.1, 0.15) is 71.1 Å². The third-order valence-electron chi connectivity index (χ3n) is 5.76. The van der Waals surface area contributed by atoms with Gasteiger partial charge in [0.1, 0.15) is 0 Å². The summed E-state index contributed by atoms with van der Waals surface area (Å²) in [5.41, 5.74) is 0. The Balaban J connectivity index is 1.47. The molecule has 2 aliphatic carbocycles. The number of likely N-dealkylation sites (tertiary alicyclic amines) is 1. The van der Waals surface area contributed by atoms with Crippen molar-refractivity contribution in [3.8, 4) is 0 Å². The van der Waals surface area contributed by atoms with Gasteiger partial charge in [0.15, 0.2) is 0 Å². The standard InChI is InChI=1S/C18H32N2O2/c1-14(21)20-12-10-15(11-13-20)19-17-8-4-5-9-18(17)22-16-6-2-3-7-16/h15-19H,2-13H2,1H3/t17-,18-/m0/s1. The molecule has 1 N–H and O–H groups in total. The van der Waals surface area contributed by atoms with Crippen molar-refractivity contribution in [1.29, 1.82) is 0 Å². The second-order valence-corrected chi connectivity index (χ2v) is 7.42. The first kappa shape index (κ1) is 16.3. The Kier molecular flexibility index (Phi) is 5.75. The van der Waals surface area contributed by atoms with Crippen molar-refractivity contribution in [3.63, 3.8) is 0 Å². The third kappa shape index (κ3) is 4.23. The van der Waals surface area contributed by atoms with E-state index in [0.29, 0.717) is 24.3 Å². The van der Waals surface area contributed by atoms with Crippen LogP contribution in [0.15, 0.2) is 0 Å². The largest absolute Gasteiger partial charge is 0.373 e. The lowest BCUT2D eigenvalue weighted by Crippen LogP contribution is -2.52. The zero-order valence-corrected chi connectivity index (χ0v) is 14.1. The summed E-state index contributed by atoms with van der Waals surface area (Å²) in [6.45, 7) is 3.50. The highest BCUT2D eigenvalue weighted by Crippen LogP contribution is 2.29. The predicted octanol–water partition coefficient (Wildman–Crippen LogP) is 2.86. The minimum absolute atomic E-state index is 0.221. The molecule has 2 saturated carbocycles. The molecule has 0 aromatic heterocycles. The Morgan fingerprint density at radius 3 is 2.27 bits per heavy atom. The number of nitrogens with one attached hydrogen (secondary N) is 1. The minimum Gasteiger partial charge on any atom is -0.373 e. The fraction of sp³-hybridized carbons (Fsp3) is 0.944. The second kappa shape index (κ2) is 7.78. The Labute approximate surface area is 135 Å². The molecule has 3 aliphatic rings. The monoisotopic (exact) mass is 308 g/mol. The predicted molar refractivity (Wildman–Crippen MR) is 87.8 cm³/mol. The van der Waals surface area contributed by atoms with Gasteiger partial charge in [0.05, 0.1) is 12.2 Å². The van der Waals surface area contributed by atoms with Gasteiger partial charge in [-0.3, -0.25) is 4.79 Å². The summed E-state index contributed by atoms with van der Waals surface area (Å²) >= 11 is 0. The molecule has 1 amide bonds. The zero-order valence-electron chi connectivity index (χ0n) is 14.1. The smallest absolute Gasteiger partial charge is 0.219 e. The van der Waals surface area contributed by atoms with Crippen molar-refractivity contribution in [3.05, 3.63) is 0 Å². The first-order chi connectivity index (χ1) is 10.7. The number of rotatable bonds is 4. The van der Waals surface area contributed by atoms with E-state index in [1.807, 2.05) is 4.90 Å². The lowest BCUT2D eigenvalue weighted by molar-refractivity contribution is -0.130. The lowest BCUT2D eigenvalue weighted by atomic mass is 9.90. The average Bonchev–Trinajstić information content (AvgIpc) is 3.03. The number of carbonyl (C=O) groups excluding carboxylic acids is 1. The van der Waals surface area contributed by atoms with Crippen LogP contribution in [0, 0.1) is 0 Å². The van der Waals surface area contributed by atoms with Gasteiger partial charge in [0.2, 0.25) is 5.91 Å². The Hall–Kier alpha value is -0.610. The van der Waals surface area contributed by atoms with Gasteiger partial charge in [-0.15, -0.1) is 0 Å². The van der Waals surface area contributed by atoms with Crippen molar-refractivity contribution in [2.45, 2.75) is 95.4 Å². The summed E-state index contributed by atoms with van der Waals surface area (Å²) in [7, 11) is 0. The molecule has 1 saturated heterocycles. The molecular formula is C18H32N2O2. The van der Waals surface area contributed by atoms with Gasteiger partial charge >= 0.3 is 0 Å². The van der Waals surface area contributed by atoms with E-state index in [0.717, 1.165) is 25.9 Å². The van der Waals surface area contributed by atoms with Crippen molar-refractivity contribution < 1.29 is 9.53 Å². The third-order valence-corrected chi connectivity index (χ3v) is 5.76. The van der Waals surface area contributed by atoms with Gasteiger partial charge in [0.25, 0.3) is 0 Å². The van der Waals surface area contributed by atoms with E-state index in [1.54, 1.807) is 6.92 Å². The zero-order chi connectivity index (χ0) is 15.4. The van der Waals surface area contributed by atoms with Gasteiger partial charge in [-0.05, 0) is 38.5 Å². The van der Waals surface area contributed by atoms with Crippen LogP contribution in [-0.4, -0.2) is 48.2 Å². The van der Waals surface area contributed by atoms with Crippen molar-refractivity contribution in [2.24, 2.45) is 0 Å².